The van der Waals surface area contributed by atoms with E-state index in [0.29, 0.717) is 31.7 Å². The molecule has 9 heteroatoms. The summed E-state index contributed by atoms with van der Waals surface area (Å²) in [5.74, 6) is -0.0723. The summed E-state index contributed by atoms with van der Waals surface area (Å²) in [4.78, 5) is 26.3. The zero-order chi connectivity index (χ0) is 23.4. The molecule has 0 unspecified atom stereocenters. The van der Waals surface area contributed by atoms with Gasteiger partial charge < -0.3 is 14.4 Å². The summed E-state index contributed by atoms with van der Waals surface area (Å²) in [6, 6.07) is 9.68. The van der Waals surface area contributed by atoms with Crippen LogP contribution in [0.5, 0.6) is 0 Å². The third-order valence-corrected chi connectivity index (χ3v) is 7.77. The molecule has 33 heavy (non-hydrogen) atoms. The number of ether oxygens (including phenoxy) is 2. The summed E-state index contributed by atoms with van der Waals surface area (Å²) < 4.78 is 38.1. The van der Waals surface area contributed by atoms with Crippen molar-refractivity contribution < 1.29 is 27.5 Å². The summed E-state index contributed by atoms with van der Waals surface area (Å²) in [6.07, 6.45) is 6.33. The maximum Gasteiger partial charge on any atom is 0.306 e. The van der Waals surface area contributed by atoms with E-state index in [2.05, 4.69) is 29.0 Å². The number of benzene rings is 1. The molecule has 2 heterocycles. The smallest absolute Gasteiger partial charge is 0.306 e. The first-order chi connectivity index (χ1) is 15.8. The van der Waals surface area contributed by atoms with E-state index in [4.69, 9.17) is 9.47 Å². The fraction of sp³-hybridized carbons (Fsp3) is 0.667. The fourth-order valence-electron chi connectivity index (χ4n) is 5.36. The highest BCUT2D eigenvalue weighted by molar-refractivity contribution is 7.88. The van der Waals surface area contributed by atoms with Crippen LogP contribution in [-0.2, 0) is 29.1 Å². The lowest BCUT2D eigenvalue weighted by Gasteiger charge is -2.42. The number of carbonyl (C=O) groups is 2. The fourth-order valence-corrected chi connectivity index (χ4v) is 6.18. The Balaban J connectivity index is 1.39. The lowest BCUT2D eigenvalue weighted by atomic mass is 9.83. The first-order valence-corrected chi connectivity index (χ1v) is 13.8. The van der Waals surface area contributed by atoms with E-state index in [1.807, 2.05) is 6.07 Å². The predicted octanol–water partition coefficient (Wildman–Crippen LogP) is 2.34. The molecule has 1 aromatic carbocycles. The van der Waals surface area contributed by atoms with E-state index in [9.17, 15) is 18.0 Å². The second kappa shape index (κ2) is 10.5. The molecule has 0 spiro atoms. The zero-order valence-corrected chi connectivity index (χ0v) is 20.0. The van der Waals surface area contributed by atoms with Gasteiger partial charge in [-0.3, -0.25) is 9.59 Å². The van der Waals surface area contributed by atoms with Gasteiger partial charge in [0.25, 0.3) is 5.91 Å². The van der Waals surface area contributed by atoms with E-state index in [1.54, 1.807) is 4.90 Å². The van der Waals surface area contributed by atoms with Crippen LogP contribution in [0.2, 0.25) is 0 Å². The summed E-state index contributed by atoms with van der Waals surface area (Å²) >= 11 is 0. The Morgan fingerprint density at radius 1 is 1.12 bits per heavy atom. The van der Waals surface area contributed by atoms with Crippen molar-refractivity contribution in [2.45, 2.75) is 81.6 Å². The number of rotatable bonds is 7. The monoisotopic (exact) mass is 478 g/mol. The average molecular weight is 479 g/mol. The highest BCUT2D eigenvalue weighted by Crippen LogP contribution is 2.34. The molecular weight excluding hydrogens is 444 g/mol. The normalized spacial score (nSPS) is 30.8. The van der Waals surface area contributed by atoms with Crippen LogP contribution in [0, 0.1) is 0 Å². The molecule has 1 N–H and O–H groups in total. The van der Waals surface area contributed by atoms with Crippen molar-refractivity contribution in [1.29, 1.82) is 0 Å². The first-order valence-electron chi connectivity index (χ1n) is 11.9. The van der Waals surface area contributed by atoms with Crippen LogP contribution in [0.4, 0.5) is 0 Å². The molecule has 3 atom stereocenters. The number of amides is 1. The zero-order valence-electron chi connectivity index (χ0n) is 19.1. The van der Waals surface area contributed by atoms with Gasteiger partial charge in [0.1, 0.15) is 0 Å². The third-order valence-electron chi connectivity index (χ3n) is 7.04. The minimum atomic E-state index is -3.44. The Bertz CT molecular complexity index is 930. The molecule has 8 nitrogen and oxygen atoms in total. The molecule has 3 fully saturated rings. The molecule has 2 aliphatic heterocycles. The topological polar surface area (TPSA) is 102 Å². The van der Waals surface area contributed by atoms with Crippen molar-refractivity contribution in [3.05, 3.63) is 35.9 Å². The number of carbonyl (C=O) groups excluding carboxylic acids is 2. The summed E-state index contributed by atoms with van der Waals surface area (Å²) in [6.45, 7) is 0.768. The molecule has 0 aromatic heterocycles. The van der Waals surface area contributed by atoms with Crippen LogP contribution in [0.1, 0.15) is 62.8 Å². The summed E-state index contributed by atoms with van der Waals surface area (Å²) in [7, 11) is -3.44. The molecule has 182 valence electrons. The second-order valence-corrected chi connectivity index (χ2v) is 11.3. The number of hydrogen-bond acceptors (Lipinski definition) is 6. The SMILES string of the molecule is CS(=O)(=O)N[C@H]1CCCN(C(=O)[C@@H]2CCC(=O)O2)[C@H]1COC1CCC(c2ccccc2)CC1. The van der Waals surface area contributed by atoms with Gasteiger partial charge in [0.2, 0.25) is 10.0 Å². The van der Waals surface area contributed by atoms with Crippen LogP contribution >= 0.6 is 0 Å². The Morgan fingerprint density at radius 2 is 1.85 bits per heavy atom. The van der Waals surface area contributed by atoms with Gasteiger partial charge in [0, 0.05) is 25.4 Å². The standard InChI is InChI=1S/C24H34N2O6S/c1-33(29,30)25-20-8-5-15-26(24(28)22-13-14-23(27)32-22)21(20)16-31-19-11-9-18(10-12-19)17-6-3-2-4-7-17/h2-4,6-7,18-22,25H,5,8-16H2,1H3/t18?,19?,20-,21-,22-/m0/s1. The Hall–Kier alpha value is -1.97. The molecule has 1 saturated carbocycles. The van der Waals surface area contributed by atoms with Crippen LogP contribution < -0.4 is 4.72 Å². The van der Waals surface area contributed by atoms with E-state index < -0.39 is 28.2 Å². The van der Waals surface area contributed by atoms with E-state index in [0.717, 1.165) is 31.9 Å². The molecule has 0 bridgehead atoms. The third kappa shape index (κ3) is 6.33. The van der Waals surface area contributed by atoms with Gasteiger partial charge in [-0.2, -0.15) is 0 Å². The van der Waals surface area contributed by atoms with Gasteiger partial charge in [-0.05, 0) is 50.0 Å². The second-order valence-electron chi connectivity index (χ2n) is 9.47. The van der Waals surface area contributed by atoms with Crippen molar-refractivity contribution in [2.24, 2.45) is 0 Å². The number of hydrogen-bond donors (Lipinski definition) is 1. The van der Waals surface area contributed by atoms with Gasteiger partial charge in [-0.15, -0.1) is 0 Å². The van der Waals surface area contributed by atoms with Crippen LogP contribution in [-0.4, -0.2) is 68.9 Å². The molecule has 4 rings (SSSR count). The van der Waals surface area contributed by atoms with Crippen molar-refractivity contribution in [2.75, 3.05) is 19.4 Å². The van der Waals surface area contributed by atoms with E-state index >= 15 is 0 Å². The molecule has 1 aromatic rings. The van der Waals surface area contributed by atoms with Crippen molar-refractivity contribution in [1.82, 2.24) is 9.62 Å². The summed E-state index contributed by atoms with van der Waals surface area (Å²) in [5, 5.41) is 0. The van der Waals surface area contributed by atoms with E-state index in [1.165, 1.54) is 5.56 Å². The first kappa shape index (κ1) is 24.2. The van der Waals surface area contributed by atoms with Crippen molar-refractivity contribution >= 4 is 21.9 Å². The van der Waals surface area contributed by atoms with Gasteiger partial charge in [-0.25, -0.2) is 13.1 Å². The molecule has 3 aliphatic rings. The number of likely N-dealkylation sites (tertiary alicyclic amines) is 1. The number of piperidine rings is 1. The quantitative estimate of drug-likeness (QED) is 0.604. The van der Waals surface area contributed by atoms with Gasteiger partial charge >= 0.3 is 5.97 Å². The maximum atomic E-state index is 13.1. The van der Waals surface area contributed by atoms with Gasteiger partial charge in [-0.1, -0.05) is 30.3 Å². The Labute approximate surface area is 196 Å². The Kier molecular flexibility index (Phi) is 7.71. The van der Waals surface area contributed by atoms with Crippen LogP contribution in [0.15, 0.2) is 30.3 Å². The molecule has 1 aliphatic carbocycles. The number of esters is 1. The van der Waals surface area contributed by atoms with Gasteiger partial charge in [0.15, 0.2) is 6.10 Å². The maximum absolute atomic E-state index is 13.1. The number of sulfonamides is 1. The van der Waals surface area contributed by atoms with Crippen LogP contribution in [0.3, 0.4) is 0 Å². The molecule has 2 saturated heterocycles. The Morgan fingerprint density at radius 3 is 2.48 bits per heavy atom. The lowest BCUT2D eigenvalue weighted by Crippen LogP contribution is -2.60. The molecular formula is C24H34N2O6S. The minimum Gasteiger partial charge on any atom is -0.452 e. The number of nitrogens with one attached hydrogen (secondary N) is 1. The van der Waals surface area contributed by atoms with Crippen molar-refractivity contribution in [3.8, 4) is 0 Å². The number of nitrogens with zero attached hydrogens (tertiary/aromatic N) is 1. The van der Waals surface area contributed by atoms with Gasteiger partial charge in [0.05, 0.1) is 25.0 Å². The lowest BCUT2D eigenvalue weighted by molar-refractivity contribution is -0.157. The average Bonchev–Trinajstić information content (AvgIpc) is 3.24. The molecule has 1 amide bonds. The highest BCUT2D eigenvalue weighted by Gasteiger charge is 2.41. The molecule has 0 radical (unpaired) electrons. The largest absolute Gasteiger partial charge is 0.452 e. The van der Waals surface area contributed by atoms with E-state index in [-0.39, 0.29) is 31.0 Å². The minimum absolute atomic E-state index is 0.0898. The van der Waals surface area contributed by atoms with Crippen molar-refractivity contribution in [3.63, 3.8) is 0 Å². The predicted molar refractivity (Wildman–Crippen MR) is 123 cm³/mol. The number of cyclic esters (lactones) is 1. The highest BCUT2D eigenvalue weighted by atomic mass is 32.2. The van der Waals surface area contributed by atoms with Crippen LogP contribution in [0.25, 0.3) is 0 Å². The summed E-state index contributed by atoms with van der Waals surface area (Å²) in [5.41, 5.74) is 1.36.